The van der Waals surface area contributed by atoms with Crippen molar-refractivity contribution in [2.45, 2.75) is 37.2 Å². The molecular weight excluding hydrogens is 567 g/mol. The van der Waals surface area contributed by atoms with E-state index in [4.69, 9.17) is 5.11 Å². The van der Waals surface area contributed by atoms with Gasteiger partial charge in [0.15, 0.2) is 10.7 Å². The number of thiazole rings is 1. The molecule has 0 aliphatic rings. The van der Waals surface area contributed by atoms with Crippen molar-refractivity contribution in [1.82, 2.24) is 15.0 Å². The summed E-state index contributed by atoms with van der Waals surface area (Å²) in [5.41, 5.74) is -0.489. The third kappa shape index (κ3) is 6.25. The molecule has 14 heteroatoms. The fourth-order valence-corrected chi connectivity index (χ4v) is 5.88. The van der Waals surface area contributed by atoms with Gasteiger partial charge in [-0.3, -0.25) is 4.72 Å². The monoisotopic (exact) mass is 593 g/mol. The average molecular weight is 594 g/mol. The molecule has 2 aromatic carbocycles. The number of aromatic nitrogens is 3. The number of aliphatic hydroxyl groups is 2. The summed E-state index contributed by atoms with van der Waals surface area (Å²) in [6.07, 6.45) is 0.428. The SMILES string of the molecule is CC(C)(C)c1nc(-c2cccc(NS(=O)(=O)c3c(F)cccc3F)c2F)c(-c2ccnc(NCC(O)CO)n2)s1. The van der Waals surface area contributed by atoms with Gasteiger partial charge in [0.05, 0.1) is 39.7 Å². The third-order valence-electron chi connectivity index (χ3n) is 5.55. The van der Waals surface area contributed by atoms with Crippen LogP contribution in [0.1, 0.15) is 25.8 Å². The summed E-state index contributed by atoms with van der Waals surface area (Å²) < 4.78 is 71.8. The van der Waals surface area contributed by atoms with Gasteiger partial charge in [-0.2, -0.15) is 0 Å². The van der Waals surface area contributed by atoms with E-state index >= 15 is 4.39 Å². The van der Waals surface area contributed by atoms with Gasteiger partial charge in [-0.15, -0.1) is 11.3 Å². The summed E-state index contributed by atoms with van der Waals surface area (Å²) in [7, 11) is -4.82. The Kier molecular flexibility index (Phi) is 8.44. The first-order valence-corrected chi connectivity index (χ1v) is 14.2. The zero-order valence-electron chi connectivity index (χ0n) is 21.6. The number of hydrogen-bond donors (Lipinski definition) is 4. The molecule has 4 aromatic rings. The minimum atomic E-state index is -4.82. The fraction of sp³-hybridized carbons (Fsp3) is 0.269. The van der Waals surface area contributed by atoms with Gasteiger partial charge < -0.3 is 15.5 Å². The van der Waals surface area contributed by atoms with Crippen molar-refractivity contribution < 1.29 is 31.8 Å². The van der Waals surface area contributed by atoms with Gasteiger partial charge in [0.25, 0.3) is 10.0 Å². The molecule has 0 radical (unpaired) electrons. The molecule has 0 fully saturated rings. The second-order valence-corrected chi connectivity index (χ2v) is 12.4. The van der Waals surface area contributed by atoms with Crippen molar-refractivity contribution >= 4 is 33.0 Å². The summed E-state index contributed by atoms with van der Waals surface area (Å²) in [5.74, 6) is -3.50. The second kappa shape index (κ2) is 11.5. The fourth-order valence-electron chi connectivity index (χ4n) is 3.57. The number of halogens is 3. The van der Waals surface area contributed by atoms with Gasteiger partial charge in [-0.1, -0.05) is 32.9 Å². The first kappa shape index (κ1) is 29.4. The van der Waals surface area contributed by atoms with E-state index < -0.39 is 56.2 Å². The maximum atomic E-state index is 15.9. The van der Waals surface area contributed by atoms with E-state index in [1.165, 1.54) is 29.7 Å². The van der Waals surface area contributed by atoms with Crippen LogP contribution >= 0.6 is 11.3 Å². The molecule has 1 unspecified atom stereocenters. The molecule has 1 atom stereocenters. The molecule has 0 amide bonds. The smallest absolute Gasteiger partial charge is 0.267 e. The lowest BCUT2D eigenvalue weighted by Gasteiger charge is -2.14. The summed E-state index contributed by atoms with van der Waals surface area (Å²) in [6.45, 7) is 5.30. The second-order valence-electron chi connectivity index (χ2n) is 9.75. The van der Waals surface area contributed by atoms with Crippen molar-refractivity contribution in [3.05, 3.63) is 71.1 Å². The Hall–Kier alpha value is -3.59. The number of anilines is 2. The molecule has 2 heterocycles. The van der Waals surface area contributed by atoms with Gasteiger partial charge in [0.1, 0.15) is 11.6 Å². The lowest BCUT2D eigenvalue weighted by molar-refractivity contribution is 0.105. The van der Waals surface area contributed by atoms with Crippen molar-refractivity contribution in [2.24, 2.45) is 0 Å². The van der Waals surface area contributed by atoms with Crippen LogP contribution in [-0.4, -0.2) is 52.8 Å². The predicted molar refractivity (Wildman–Crippen MR) is 146 cm³/mol. The summed E-state index contributed by atoms with van der Waals surface area (Å²) in [6, 6.07) is 8.10. The number of hydrogen-bond acceptors (Lipinski definition) is 9. The molecule has 0 aliphatic heterocycles. The molecule has 0 saturated carbocycles. The molecule has 0 spiro atoms. The minimum absolute atomic E-state index is 0.0117. The van der Waals surface area contributed by atoms with E-state index in [0.717, 1.165) is 24.3 Å². The normalized spacial score (nSPS) is 12.8. The van der Waals surface area contributed by atoms with E-state index in [1.54, 1.807) is 6.07 Å². The summed E-state index contributed by atoms with van der Waals surface area (Å²) in [4.78, 5) is 12.4. The van der Waals surface area contributed by atoms with Gasteiger partial charge in [-0.25, -0.2) is 36.5 Å². The van der Waals surface area contributed by atoms with Crippen LogP contribution in [-0.2, 0) is 15.4 Å². The lowest BCUT2D eigenvalue weighted by atomic mass is 9.98. The summed E-state index contributed by atoms with van der Waals surface area (Å²) in [5, 5.41) is 22.1. The van der Waals surface area contributed by atoms with Gasteiger partial charge >= 0.3 is 0 Å². The largest absolute Gasteiger partial charge is 0.394 e. The highest BCUT2D eigenvalue weighted by Crippen LogP contribution is 2.42. The van der Waals surface area contributed by atoms with Crippen LogP contribution in [0.4, 0.5) is 24.8 Å². The quantitative estimate of drug-likeness (QED) is 0.222. The average Bonchev–Trinajstić information content (AvgIpc) is 3.34. The highest BCUT2D eigenvalue weighted by molar-refractivity contribution is 7.92. The molecule has 0 aliphatic carbocycles. The Labute approximate surface area is 232 Å². The number of aliphatic hydroxyl groups excluding tert-OH is 2. The molecule has 2 aromatic heterocycles. The Bertz CT molecular complexity index is 1620. The Morgan fingerprint density at radius 2 is 1.70 bits per heavy atom. The first-order chi connectivity index (χ1) is 18.8. The van der Waals surface area contributed by atoms with Crippen molar-refractivity contribution in [3.8, 4) is 21.8 Å². The molecule has 9 nitrogen and oxygen atoms in total. The van der Waals surface area contributed by atoms with Crippen molar-refractivity contribution in [1.29, 1.82) is 0 Å². The van der Waals surface area contributed by atoms with Crippen LogP contribution in [0.3, 0.4) is 0 Å². The molecule has 4 rings (SSSR count). The minimum Gasteiger partial charge on any atom is -0.394 e. The highest BCUT2D eigenvalue weighted by atomic mass is 32.2. The van der Waals surface area contributed by atoms with Crippen LogP contribution in [0.5, 0.6) is 0 Å². The van der Waals surface area contributed by atoms with Crippen LogP contribution in [0.25, 0.3) is 21.8 Å². The van der Waals surface area contributed by atoms with E-state index in [-0.39, 0.29) is 23.8 Å². The third-order valence-corrected chi connectivity index (χ3v) is 8.47. The zero-order valence-corrected chi connectivity index (χ0v) is 23.2. The topological polar surface area (TPSA) is 137 Å². The lowest BCUT2D eigenvalue weighted by Crippen LogP contribution is -2.23. The maximum absolute atomic E-state index is 15.9. The van der Waals surface area contributed by atoms with Crippen LogP contribution in [0, 0.1) is 17.5 Å². The Morgan fingerprint density at radius 3 is 2.35 bits per heavy atom. The van der Waals surface area contributed by atoms with Gasteiger partial charge in [0, 0.05) is 23.7 Å². The standard InChI is InChI=1S/C26H26F3N5O4S2/c1-26(2,3)24-33-21(22(39-24)19-10-11-30-25(32-19)31-12-14(36)13-35)15-6-4-9-18(20(15)29)34-40(37,38)23-16(27)7-5-8-17(23)28/h4-11,14,34-36H,12-13H2,1-3H3,(H,30,31,32). The summed E-state index contributed by atoms with van der Waals surface area (Å²) >= 11 is 1.26. The molecule has 212 valence electrons. The zero-order chi connectivity index (χ0) is 29.2. The predicted octanol–water partition coefficient (Wildman–Crippen LogP) is 4.55. The van der Waals surface area contributed by atoms with Crippen LogP contribution < -0.4 is 10.0 Å². The van der Waals surface area contributed by atoms with E-state index in [1.807, 2.05) is 25.5 Å². The van der Waals surface area contributed by atoms with Crippen molar-refractivity contribution in [2.75, 3.05) is 23.2 Å². The number of nitrogens with zero attached hydrogens (tertiary/aromatic N) is 3. The molecule has 40 heavy (non-hydrogen) atoms. The van der Waals surface area contributed by atoms with Crippen LogP contribution in [0.2, 0.25) is 0 Å². The first-order valence-electron chi connectivity index (χ1n) is 11.9. The van der Waals surface area contributed by atoms with E-state index in [0.29, 0.717) is 15.6 Å². The molecule has 0 bridgehead atoms. The van der Waals surface area contributed by atoms with E-state index in [9.17, 15) is 22.3 Å². The number of benzene rings is 2. The Balaban J connectivity index is 1.80. The van der Waals surface area contributed by atoms with E-state index in [2.05, 4.69) is 20.3 Å². The highest BCUT2D eigenvalue weighted by Gasteiger charge is 2.28. The van der Waals surface area contributed by atoms with Gasteiger partial charge in [-0.05, 0) is 30.3 Å². The number of rotatable bonds is 9. The molecule has 0 saturated heterocycles. The van der Waals surface area contributed by atoms with Crippen molar-refractivity contribution in [3.63, 3.8) is 0 Å². The molecule has 4 N–H and O–H groups in total. The number of nitrogens with one attached hydrogen (secondary N) is 2. The van der Waals surface area contributed by atoms with Crippen LogP contribution in [0.15, 0.2) is 53.6 Å². The maximum Gasteiger partial charge on any atom is 0.267 e. The van der Waals surface area contributed by atoms with Gasteiger partial charge in [0.2, 0.25) is 5.95 Å². The Morgan fingerprint density at radius 1 is 1.02 bits per heavy atom. The molecular formula is C26H26F3N5O4S2. The number of sulfonamides is 1.